The highest BCUT2D eigenvalue weighted by molar-refractivity contribution is 7.79. The van der Waals surface area contributed by atoms with E-state index in [-0.39, 0.29) is 34.9 Å². The highest BCUT2D eigenvalue weighted by Crippen LogP contribution is 2.40. The van der Waals surface area contributed by atoms with E-state index in [9.17, 15) is 27.6 Å². The molecule has 0 unspecified atom stereocenters. The van der Waals surface area contributed by atoms with Gasteiger partial charge < -0.3 is 19.5 Å². The first-order valence-electron chi connectivity index (χ1n) is 13.5. The largest absolute Gasteiger partial charge is 0.478 e. The second-order valence-electron chi connectivity index (χ2n) is 9.55. The Kier molecular flexibility index (Phi) is 14.2. The van der Waals surface area contributed by atoms with E-state index in [2.05, 4.69) is 19.6 Å². The van der Waals surface area contributed by atoms with Gasteiger partial charge >= 0.3 is 18.1 Å². The molecule has 1 amide bonds. The second kappa shape index (κ2) is 16.3. The van der Waals surface area contributed by atoms with E-state index in [0.29, 0.717) is 12.0 Å². The fourth-order valence-electron chi connectivity index (χ4n) is 4.52. The third-order valence-corrected chi connectivity index (χ3v) is 6.51. The number of hydrogen-bond acceptors (Lipinski definition) is 6. The lowest BCUT2D eigenvalue weighted by Gasteiger charge is -2.34. The molecule has 1 saturated carbocycles. The lowest BCUT2D eigenvalue weighted by atomic mass is 9.82. The van der Waals surface area contributed by atoms with Gasteiger partial charge in [-0.05, 0) is 88.1 Å². The fraction of sp³-hybridized carbons (Fsp3) is 0.500. The van der Waals surface area contributed by atoms with Crippen molar-refractivity contribution < 1.29 is 42.1 Å². The third-order valence-electron chi connectivity index (χ3n) is 6.51. The Balaban J connectivity index is 0.00000201. The molecule has 0 atom stereocenters. The monoisotopic (exact) mass is 599 g/mol. The molecule has 0 radical (unpaired) electrons. The summed E-state index contributed by atoms with van der Waals surface area (Å²) < 4.78 is 51.2. The van der Waals surface area contributed by atoms with Crippen LogP contribution >= 0.6 is 12.6 Å². The molecule has 0 spiro atoms. The number of nitrogens with zero attached hydrogens (tertiary/aromatic N) is 1. The van der Waals surface area contributed by atoms with Crippen molar-refractivity contribution in [3.8, 4) is 11.5 Å². The van der Waals surface area contributed by atoms with E-state index in [1.807, 2.05) is 27.7 Å². The predicted octanol–water partition coefficient (Wildman–Crippen LogP) is 8.12. The van der Waals surface area contributed by atoms with E-state index >= 15 is 0 Å². The van der Waals surface area contributed by atoms with Gasteiger partial charge in [-0.25, -0.2) is 9.59 Å². The molecule has 7 nitrogen and oxygen atoms in total. The van der Waals surface area contributed by atoms with Crippen LogP contribution in [0.1, 0.15) is 86.6 Å². The van der Waals surface area contributed by atoms with E-state index < -0.39 is 35.0 Å². The Morgan fingerprint density at radius 1 is 1.00 bits per heavy atom. The molecule has 3 rings (SSSR count). The van der Waals surface area contributed by atoms with Crippen LogP contribution in [0.5, 0.6) is 11.5 Å². The molecular weight excluding hydrogens is 559 g/mol. The molecular formula is C30H40F3NO6S. The number of ether oxygens (including phenoxy) is 2. The maximum Gasteiger partial charge on any atom is 0.420 e. The number of amides is 1. The van der Waals surface area contributed by atoms with Gasteiger partial charge in [0.1, 0.15) is 11.5 Å². The van der Waals surface area contributed by atoms with Crippen LogP contribution in [0.4, 0.5) is 18.9 Å². The lowest BCUT2D eigenvalue weighted by Crippen LogP contribution is -2.43. The van der Waals surface area contributed by atoms with Crippen molar-refractivity contribution in [2.24, 2.45) is 11.8 Å². The normalized spacial score (nSPS) is 16.4. The van der Waals surface area contributed by atoms with Crippen LogP contribution in [-0.4, -0.2) is 42.4 Å². The van der Waals surface area contributed by atoms with Crippen LogP contribution in [0.25, 0.3) is 0 Å². The molecule has 1 aliphatic carbocycles. The lowest BCUT2D eigenvalue weighted by molar-refractivity contribution is -0.138. The summed E-state index contributed by atoms with van der Waals surface area (Å²) >= 11 is 3.53. The standard InChI is InChI=1S/C27H30F3NO6.C2H6.CH4S/c1-15(2)31(24(32)17-7-5-16(3)6-8-17)22-11-10-19(14-20(22)26(35)36-4)37-23-12-9-18(25(33)34)13-21(23)27(28,29)30;2*1-2/h9-17H,5-8H2,1-4H3,(H,33,34);1-2H3;2H,1H3. The average Bonchev–Trinajstić information content (AvgIpc) is 2.95. The zero-order chi connectivity index (χ0) is 31.5. The minimum atomic E-state index is -4.88. The number of halogens is 3. The van der Waals surface area contributed by atoms with Gasteiger partial charge in [0.2, 0.25) is 5.91 Å². The van der Waals surface area contributed by atoms with Crippen LogP contribution in [0.3, 0.4) is 0 Å². The van der Waals surface area contributed by atoms with Crippen molar-refractivity contribution in [2.45, 2.75) is 72.5 Å². The number of carboxylic acids is 1. The van der Waals surface area contributed by atoms with Crippen molar-refractivity contribution in [2.75, 3.05) is 18.3 Å². The van der Waals surface area contributed by atoms with Crippen molar-refractivity contribution in [1.82, 2.24) is 0 Å². The second-order valence-corrected chi connectivity index (χ2v) is 9.55. The summed E-state index contributed by atoms with van der Waals surface area (Å²) in [5.74, 6) is -2.81. The summed E-state index contributed by atoms with van der Waals surface area (Å²) in [5.41, 5.74) is -1.59. The quantitative estimate of drug-likeness (QED) is 0.247. The molecule has 0 aromatic heterocycles. The number of thiol groups is 1. The third kappa shape index (κ3) is 9.41. The Morgan fingerprint density at radius 2 is 1.59 bits per heavy atom. The fourth-order valence-corrected chi connectivity index (χ4v) is 4.52. The van der Waals surface area contributed by atoms with E-state index in [0.717, 1.165) is 44.9 Å². The summed E-state index contributed by atoms with van der Waals surface area (Å²) in [6, 6.07) is 6.11. The van der Waals surface area contributed by atoms with Gasteiger partial charge in [0.05, 0.1) is 29.5 Å². The molecule has 41 heavy (non-hydrogen) atoms. The summed E-state index contributed by atoms with van der Waals surface area (Å²) in [6.07, 6.45) is 0.154. The molecule has 1 aliphatic rings. The van der Waals surface area contributed by atoms with Gasteiger partial charge in [0.15, 0.2) is 0 Å². The maximum atomic E-state index is 13.6. The highest BCUT2D eigenvalue weighted by atomic mass is 32.1. The van der Waals surface area contributed by atoms with Crippen LogP contribution in [0.15, 0.2) is 36.4 Å². The number of alkyl halides is 3. The molecule has 11 heteroatoms. The zero-order valence-electron chi connectivity index (χ0n) is 24.5. The van der Waals surface area contributed by atoms with Crippen molar-refractivity contribution in [3.63, 3.8) is 0 Å². The summed E-state index contributed by atoms with van der Waals surface area (Å²) in [4.78, 5) is 38.9. The summed E-state index contributed by atoms with van der Waals surface area (Å²) in [6.45, 7) is 9.78. The number of carbonyl (C=O) groups is 3. The number of benzene rings is 2. The number of carbonyl (C=O) groups excluding carboxylic acids is 2. The molecule has 1 N–H and O–H groups in total. The van der Waals surface area contributed by atoms with Crippen LogP contribution in [-0.2, 0) is 15.7 Å². The smallest absolute Gasteiger partial charge is 0.420 e. The Bertz CT molecular complexity index is 1180. The number of anilines is 1. The van der Waals surface area contributed by atoms with Crippen LogP contribution in [0.2, 0.25) is 0 Å². The first kappa shape index (κ1) is 35.8. The molecule has 2 aromatic rings. The van der Waals surface area contributed by atoms with Gasteiger partial charge in [0.25, 0.3) is 0 Å². The average molecular weight is 600 g/mol. The van der Waals surface area contributed by atoms with Gasteiger partial charge in [-0.2, -0.15) is 25.8 Å². The topological polar surface area (TPSA) is 93.1 Å². The SMILES string of the molecule is CC.COC(=O)c1cc(Oc2ccc(C(=O)O)cc2C(F)(F)F)ccc1N(C(=O)C1CCC(C)CC1)C(C)C.CS. The molecule has 1 fully saturated rings. The Labute approximate surface area is 245 Å². The Hall–Kier alpha value is -3.21. The van der Waals surface area contributed by atoms with Crippen molar-refractivity contribution in [3.05, 3.63) is 53.1 Å². The van der Waals surface area contributed by atoms with Crippen molar-refractivity contribution in [1.29, 1.82) is 0 Å². The van der Waals surface area contributed by atoms with Gasteiger partial charge in [-0.3, -0.25) is 4.79 Å². The first-order valence-corrected chi connectivity index (χ1v) is 14.4. The van der Waals surface area contributed by atoms with E-state index in [1.165, 1.54) is 23.1 Å². The molecule has 2 aromatic carbocycles. The summed E-state index contributed by atoms with van der Waals surface area (Å²) in [7, 11) is 1.16. The number of rotatable bonds is 7. The first-order chi connectivity index (χ1) is 19.3. The Morgan fingerprint density at radius 3 is 2.07 bits per heavy atom. The van der Waals surface area contributed by atoms with Crippen molar-refractivity contribution >= 4 is 36.2 Å². The van der Waals surface area contributed by atoms with Crippen LogP contribution in [0, 0.1) is 11.8 Å². The number of hydrogen-bond donors (Lipinski definition) is 2. The number of esters is 1. The minimum absolute atomic E-state index is 0.0399. The molecule has 228 valence electrons. The predicted molar refractivity (Wildman–Crippen MR) is 156 cm³/mol. The van der Waals surface area contributed by atoms with E-state index in [1.54, 1.807) is 6.26 Å². The molecule has 0 heterocycles. The van der Waals surface area contributed by atoms with Crippen LogP contribution < -0.4 is 9.64 Å². The van der Waals surface area contributed by atoms with E-state index in [4.69, 9.17) is 14.6 Å². The zero-order valence-corrected chi connectivity index (χ0v) is 25.4. The molecule has 0 bridgehead atoms. The van der Waals surface area contributed by atoms with Gasteiger partial charge in [0, 0.05) is 12.0 Å². The number of methoxy groups -OCH3 is 1. The highest BCUT2D eigenvalue weighted by Gasteiger charge is 2.36. The number of carboxylic acid groups (broad SMARTS) is 1. The molecule has 0 saturated heterocycles. The molecule has 0 aliphatic heterocycles. The summed E-state index contributed by atoms with van der Waals surface area (Å²) in [5, 5.41) is 9.07. The maximum absolute atomic E-state index is 13.6. The number of aromatic carboxylic acids is 1. The minimum Gasteiger partial charge on any atom is -0.478 e. The van der Waals surface area contributed by atoms with Gasteiger partial charge in [-0.1, -0.05) is 20.8 Å². The van der Waals surface area contributed by atoms with Gasteiger partial charge in [-0.15, -0.1) is 0 Å².